The molecule has 3 aromatic rings. The van der Waals surface area contributed by atoms with Crippen molar-refractivity contribution in [2.75, 3.05) is 5.32 Å². The number of para-hydroxylation sites is 1. The summed E-state index contributed by atoms with van der Waals surface area (Å²) < 4.78 is 0. The molecule has 1 heterocycles. The molecule has 0 bridgehead atoms. The highest BCUT2D eigenvalue weighted by Gasteiger charge is 2.40. The van der Waals surface area contributed by atoms with Gasteiger partial charge in [0.2, 0.25) is 0 Å². The fourth-order valence-corrected chi connectivity index (χ4v) is 4.43. The number of ketones is 1. The Bertz CT molecular complexity index is 1240. The van der Waals surface area contributed by atoms with Gasteiger partial charge in [0.05, 0.1) is 21.8 Å². The minimum atomic E-state index is -0.885. The molecule has 156 valence electrons. The van der Waals surface area contributed by atoms with Crippen LogP contribution in [0.2, 0.25) is 0 Å². The van der Waals surface area contributed by atoms with Gasteiger partial charge in [-0.2, -0.15) is 0 Å². The number of nitro benzene ring substituents is 2. The number of nitrogens with one attached hydrogen (secondary N) is 1. The first-order valence-electron chi connectivity index (χ1n) is 9.68. The highest BCUT2D eigenvalue weighted by Crippen LogP contribution is 2.51. The largest absolute Gasteiger partial charge is 0.355 e. The Labute approximate surface area is 177 Å². The molecule has 1 N–H and O–H groups in total. The van der Waals surface area contributed by atoms with Crippen LogP contribution in [0.5, 0.6) is 0 Å². The second kappa shape index (κ2) is 7.64. The third kappa shape index (κ3) is 3.42. The van der Waals surface area contributed by atoms with Crippen molar-refractivity contribution in [3.05, 3.63) is 103 Å². The van der Waals surface area contributed by atoms with Crippen LogP contribution in [0.15, 0.2) is 60.7 Å². The molecule has 0 saturated heterocycles. The molecule has 1 aliphatic rings. The third-order valence-electron chi connectivity index (χ3n) is 5.73. The predicted octanol–water partition coefficient (Wildman–Crippen LogP) is 5.37. The zero-order chi connectivity index (χ0) is 22.3. The van der Waals surface area contributed by atoms with Crippen molar-refractivity contribution >= 4 is 28.5 Å². The van der Waals surface area contributed by atoms with Crippen LogP contribution in [0, 0.1) is 27.2 Å². The van der Waals surface area contributed by atoms with E-state index in [1.165, 1.54) is 19.1 Å². The van der Waals surface area contributed by atoms with Crippen molar-refractivity contribution in [1.82, 2.24) is 0 Å². The molecule has 1 aliphatic heterocycles. The molecular formula is C23H19N3O5. The Morgan fingerprint density at radius 3 is 2.35 bits per heavy atom. The van der Waals surface area contributed by atoms with Gasteiger partial charge >= 0.3 is 0 Å². The number of anilines is 2. The van der Waals surface area contributed by atoms with Crippen molar-refractivity contribution < 1.29 is 14.6 Å². The molecule has 0 radical (unpaired) electrons. The summed E-state index contributed by atoms with van der Waals surface area (Å²) in [4.78, 5) is 34.6. The molecule has 0 aliphatic carbocycles. The standard InChI is InChI=1S/C23H19N3O5/c1-13-6-5-9-19-21(13)23(16-7-3-4-8-18(16)24-19)22(14(2)27)17-11-10-15(25(28)29)12-20(17)26(30)31/h3-12,22-24H,1-2H3. The van der Waals surface area contributed by atoms with Crippen molar-refractivity contribution in [3.63, 3.8) is 0 Å². The minimum absolute atomic E-state index is 0.166. The zero-order valence-corrected chi connectivity index (χ0v) is 16.9. The predicted molar refractivity (Wildman–Crippen MR) is 116 cm³/mol. The van der Waals surface area contributed by atoms with Gasteiger partial charge in [0, 0.05) is 28.9 Å². The molecule has 0 aromatic heterocycles. The van der Waals surface area contributed by atoms with Crippen LogP contribution in [-0.4, -0.2) is 15.6 Å². The lowest BCUT2D eigenvalue weighted by atomic mass is 9.71. The number of rotatable bonds is 5. The van der Waals surface area contributed by atoms with E-state index in [1.54, 1.807) is 0 Å². The van der Waals surface area contributed by atoms with Crippen LogP contribution >= 0.6 is 0 Å². The molecule has 31 heavy (non-hydrogen) atoms. The molecule has 3 aromatic carbocycles. The van der Waals surface area contributed by atoms with Crippen molar-refractivity contribution in [2.24, 2.45) is 0 Å². The number of non-ortho nitro benzene ring substituents is 1. The van der Waals surface area contributed by atoms with E-state index in [0.717, 1.165) is 34.1 Å². The van der Waals surface area contributed by atoms with Crippen molar-refractivity contribution in [2.45, 2.75) is 25.7 Å². The van der Waals surface area contributed by atoms with E-state index < -0.39 is 27.4 Å². The van der Waals surface area contributed by atoms with Crippen LogP contribution in [0.1, 0.15) is 41.0 Å². The van der Waals surface area contributed by atoms with Crippen molar-refractivity contribution in [1.29, 1.82) is 0 Å². The Hall–Kier alpha value is -4.07. The summed E-state index contributed by atoms with van der Waals surface area (Å²) in [7, 11) is 0. The molecule has 4 rings (SSSR count). The van der Waals surface area contributed by atoms with E-state index >= 15 is 0 Å². The summed E-state index contributed by atoms with van der Waals surface area (Å²) in [5.74, 6) is -1.62. The molecule has 0 spiro atoms. The fraction of sp³-hybridized carbons (Fsp3) is 0.174. The van der Waals surface area contributed by atoms with Crippen LogP contribution in [0.3, 0.4) is 0 Å². The van der Waals surface area contributed by atoms with Gasteiger partial charge in [0.25, 0.3) is 11.4 Å². The maximum absolute atomic E-state index is 13.0. The van der Waals surface area contributed by atoms with Gasteiger partial charge in [-0.3, -0.25) is 25.0 Å². The number of fused-ring (bicyclic) bond motifs is 2. The molecule has 8 heteroatoms. The first kappa shape index (κ1) is 20.2. The molecule has 0 fully saturated rings. The number of nitro groups is 2. The minimum Gasteiger partial charge on any atom is -0.355 e. The Kier molecular flexibility index (Phi) is 4.98. The monoisotopic (exact) mass is 417 g/mol. The topological polar surface area (TPSA) is 115 Å². The third-order valence-corrected chi connectivity index (χ3v) is 5.73. The molecular weight excluding hydrogens is 398 g/mol. The van der Waals surface area contributed by atoms with Crippen LogP contribution < -0.4 is 5.32 Å². The number of carbonyl (C=O) groups is 1. The lowest BCUT2D eigenvalue weighted by Crippen LogP contribution is -2.25. The Morgan fingerprint density at radius 1 is 0.968 bits per heavy atom. The zero-order valence-electron chi connectivity index (χ0n) is 16.9. The smallest absolute Gasteiger partial charge is 0.280 e. The number of hydrogen-bond donors (Lipinski definition) is 1. The lowest BCUT2D eigenvalue weighted by Gasteiger charge is -2.35. The maximum atomic E-state index is 13.0. The lowest BCUT2D eigenvalue weighted by molar-refractivity contribution is -0.394. The molecule has 8 nitrogen and oxygen atoms in total. The van der Waals surface area contributed by atoms with E-state index in [4.69, 9.17) is 0 Å². The van der Waals surface area contributed by atoms with E-state index in [0.29, 0.717) is 0 Å². The second-order valence-corrected chi connectivity index (χ2v) is 7.57. The van der Waals surface area contributed by atoms with Gasteiger partial charge in [-0.1, -0.05) is 30.3 Å². The van der Waals surface area contributed by atoms with E-state index in [-0.39, 0.29) is 17.0 Å². The first-order chi connectivity index (χ1) is 14.8. The number of nitrogens with zero attached hydrogens (tertiary/aromatic N) is 2. The van der Waals surface area contributed by atoms with E-state index in [1.807, 2.05) is 49.4 Å². The average molecular weight is 417 g/mol. The molecule has 0 amide bonds. The summed E-state index contributed by atoms with van der Waals surface area (Å²) in [6, 6.07) is 16.8. The number of benzene rings is 3. The maximum Gasteiger partial charge on any atom is 0.280 e. The Morgan fingerprint density at radius 2 is 1.68 bits per heavy atom. The molecule has 2 unspecified atom stereocenters. The van der Waals surface area contributed by atoms with Gasteiger partial charge in [-0.05, 0) is 48.7 Å². The van der Waals surface area contributed by atoms with Gasteiger partial charge in [0.1, 0.15) is 5.78 Å². The summed E-state index contributed by atoms with van der Waals surface area (Å²) in [5, 5.41) is 26.4. The van der Waals surface area contributed by atoms with Crippen LogP contribution in [-0.2, 0) is 4.79 Å². The normalized spacial score (nSPS) is 15.2. The Balaban J connectivity index is 2.01. The van der Waals surface area contributed by atoms with Crippen LogP contribution in [0.25, 0.3) is 0 Å². The van der Waals surface area contributed by atoms with Gasteiger partial charge in [0.15, 0.2) is 0 Å². The second-order valence-electron chi connectivity index (χ2n) is 7.57. The number of aryl methyl sites for hydroxylation is 1. The highest BCUT2D eigenvalue weighted by atomic mass is 16.6. The number of Topliss-reactive ketones (excluding diaryl/α,β-unsaturated/α-hetero) is 1. The summed E-state index contributed by atoms with van der Waals surface area (Å²) >= 11 is 0. The van der Waals surface area contributed by atoms with Crippen molar-refractivity contribution in [3.8, 4) is 0 Å². The number of hydrogen-bond acceptors (Lipinski definition) is 6. The quantitative estimate of drug-likeness (QED) is 0.440. The van der Waals surface area contributed by atoms with Gasteiger partial charge < -0.3 is 5.32 Å². The SMILES string of the molecule is CC(=O)C(c1ccc([N+](=O)[O-])cc1[N+](=O)[O-])C1c2ccccc2Nc2cccc(C)c21. The average Bonchev–Trinajstić information content (AvgIpc) is 2.73. The van der Waals surface area contributed by atoms with Crippen LogP contribution in [0.4, 0.5) is 22.7 Å². The summed E-state index contributed by atoms with van der Waals surface area (Å²) in [6.07, 6.45) is 0. The van der Waals surface area contributed by atoms with E-state index in [9.17, 15) is 25.0 Å². The fourth-order valence-electron chi connectivity index (χ4n) is 4.43. The van der Waals surface area contributed by atoms with E-state index in [2.05, 4.69) is 5.32 Å². The first-order valence-corrected chi connectivity index (χ1v) is 9.68. The molecule has 0 saturated carbocycles. The van der Waals surface area contributed by atoms with Gasteiger partial charge in [-0.25, -0.2) is 0 Å². The number of carbonyl (C=O) groups excluding carboxylic acids is 1. The highest BCUT2D eigenvalue weighted by molar-refractivity contribution is 5.89. The summed E-state index contributed by atoms with van der Waals surface area (Å²) in [6.45, 7) is 3.33. The van der Waals surface area contributed by atoms with Gasteiger partial charge in [-0.15, -0.1) is 0 Å². The molecule has 2 atom stereocenters. The summed E-state index contributed by atoms with van der Waals surface area (Å²) in [5.41, 5.74) is 3.67.